The fourth-order valence-corrected chi connectivity index (χ4v) is 5.59. The average molecular weight is 608 g/mol. The monoisotopic (exact) mass is 607 g/mol. The number of carbonyl (C=O) groups is 1. The molecule has 4 heterocycles. The molecule has 2 aromatic heterocycles. The van der Waals surface area contributed by atoms with Gasteiger partial charge >= 0.3 is 12.2 Å². The van der Waals surface area contributed by atoms with Gasteiger partial charge in [-0.1, -0.05) is 20.8 Å². The molecule has 1 fully saturated rings. The van der Waals surface area contributed by atoms with Crippen LogP contribution in [0.5, 0.6) is 0 Å². The topological polar surface area (TPSA) is 80.4 Å². The van der Waals surface area contributed by atoms with Gasteiger partial charge in [0.2, 0.25) is 0 Å². The van der Waals surface area contributed by atoms with Crippen molar-refractivity contribution in [1.82, 2.24) is 30.1 Å². The molecular weight excluding hydrogens is 569 g/mol. The smallest absolute Gasteiger partial charge is 0.358 e. The van der Waals surface area contributed by atoms with E-state index in [1.165, 1.54) is 12.1 Å². The summed E-state index contributed by atoms with van der Waals surface area (Å²) in [4.78, 5) is 30.7. The van der Waals surface area contributed by atoms with Crippen molar-refractivity contribution in [1.29, 1.82) is 0 Å². The van der Waals surface area contributed by atoms with Gasteiger partial charge < -0.3 is 20.1 Å². The van der Waals surface area contributed by atoms with Crippen LogP contribution >= 0.6 is 0 Å². The Hall–Kier alpha value is -3.48. The number of halogens is 5. The molecule has 5 rings (SSSR count). The number of nitrogens with one attached hydrogen (secondary N) is 2. The first-order valence-corrected chi connectivity index (χ1v) is 14.7. The number of hydrogen-bond donors (Lipinski definition) is 2. The Morgan fingerprint density at radius 1 is 1.02 bits per heavy atom. The molecule has 0 saturated carbocycles. The quantitative estimate of drug-likeness (QED) is 0.259. The highest BCUT2D eigenvalue weighted by molar-refractivity contribution is 5.86. The molecule has 0 radical (unpaired) electrons. The van der Waals surface area contributed by atoms with Crippen LogP contribution in [0.15, 0.2) is 24.3 Å². The summed E-state index contributed by atoms with van der Waals surface area (Å²) < 4.78 is 66.7. The van der Waals surface area contributed by atoms with Crippen LogP contribution in [0.25, 0.3) is 10.9 Å². The summed E-state index contributed by atoms with van der Waals surface area (Å²) in [6, 6.07) is 4.84. The van der Waals surface area contributed by atoms with Crippen molar-refractivity contribution >= 4 is 22.8 Å². The number of urea groups is 1. The summed E-state index contributed by atoms with van der Waals surface area (Å²) in [5, 5.41) is 3.46. The largest absolute Gasteiger partial charge is 0.416 e. The number of piperazine rings is 1. The standard InChI is InChI=1S/C30H38F5N7O/c1-29(2,3)27-38-24(26(31)32)17-25(39-27)41-14-12-40(13-15-41)10-5-4-9-36-28(43)42-11-8-23-21(18-42)20-16-19(30(33,34)35)6-7-22(20)37-23/h6-7,16-17,26,37H,4-5,8-15,18H2,1-3H3,(H,36,43). The molecule has 1 aromatic carbocycles. The van der Waals surface area contributed by atoms with Crippen LogP contribution in [-0.2, 0) is 24.6 Å². The van der Waals surface area contributed by atoms with Crippen molar-refractivity contribution in [3.63, 3.8) is 0 Å². The Morgan fingerprint density at radius 2 is 1.77 bits per heavy atom. The molecule has 0 spiro atoms. The molecule has 2 amide bonds. The van der Waals surface area contributed by atoms with Crippen LogP contribution in [0, 0.1) is 0 Å². The van der Waals surface area contributed by atoms with Gasteiger partial charge in [-0.15, -0.1) is 0 Å². The third-order valence-corrected chi connectivity index (χ3v) is 8.09. The molecule has 2 aliphatic rings. The second kappa shape index (κ2) is 12.3. The molecule has 13 heteroatoms. The second-order valence-electron chi connectivity index (χ2n) is 12.3. The normalized spacial score (nSPS) is 16.7. The van der Waals surface area contributed by atoms with Crippen LogP contribution < -0.4 is 10.2 Å². The summed E-state index contributed by atoms with van der Waals surface area (Å²) in [6.07, 6.45) is -4.86. The molecule has 1 saturated heterocycles. The molecule has 43 heavy (non-hydrogen) atoms. The molecule has 0 atom stereocenters. The predicted octanol–water partition coefficient (Wildman–Crippen LogP) is 5.88. The molecule has 0 unspecified atom stereocenters. The first-order valence-electron chi connectivity index (χ1n) is 14.7. The van der Waals surface area contributed by atoms with Gasteiger partial charge in [-0.3, -0.25) is 4.90 Å². The highest BCUT2D eigenvalue weighted by atomic mass is 19.4. The molecule has 3 aromatic rings. The van der Waals surface area contributed by atoms with E-state index in [2.05, 4.69) is 25.2 Å². The number of alkyl halides is 5. The first kappa shape index (κ1) is 31.0. The molecule has 2 aliphatic heterocycles. The van der Waals surface area contributed by atoms with Crippen molar-refractivity contribution in [2.75, 3.05) is 50.7 Å². The minimum absolute atomic E-state index is 0.219. The minimum Gasteiger partial charge on any atom is -0.358 e. The third-order valence-electron chi connectivity index (χ3n) is 8.09. The van der Waals surface area contributed by atoms with Crippen LogP contribution in [0.1, 0.15) is 68.4 Å². The highest BCUT2D eigenvalue weighted by Gasteiger charge is 2.32. The maximum absolute atomic E-state index is 13.5. The number of aromatic nitrogens is 3. The zero-order valence-corrected chi connectivity index (χ0v) is 24.7. The predicted molar refractivity (Wildman–Crippen MR) is 154 cm³/mol. The minimum atomic E-state index is -4.43. The highest BCUT2D eigenvalue weighted by Crippen LogP contribution is 2.35. The Morgan fingerprint density at radius 3 is 2.44 bits per heavy atom. The van der Waals surface area contributed by atoms with Gasteiger partial charge in [-0.25, -0.2) is 23.5 Å². The van der Waals surface area contributed by atoms with Gasteiger partial charge in [0.25, 0.3) is 6.43 Å². The van der Waals surface area contributed by atoms with E-state index in [9.17, 15) is 26.7 Å². The number of nitrogens with zero attached hydrogens (tertiary/aromatic N) is 5. The van der Waals surface area contributed by atoms with E-state index >= 15 is 0 Å². The molecule has 8 nitrogen and oxygen atoms in total. The van der Waals surface area contributed by atoms with Crippen LogP contribution in [0.3, 0.4) is 0 Å². The number of fused-ring (bicyclic) bond motifs is 3. The van der Waals surface area contributed by atoms with Gasteiger partial charge in [0.15, 0.2) is 0 Å². The lowest BCUT2D eigenvalue weighted by atomic mass is 9.95. The zero-order valence-electron chi connectivity index (χ0n) is 24.7. The lowest BCUT2D eigenvalue weighted by Gasteiger charge is -2.36. The fraction of sp³-hybridized carbons (Fsp3) is 0.567. The number of hydrogen-bond acceptors (Lipinski definition) is 5. The second-order valence-corrected chi connectivity index (χ2v) is 12.3. The van der Waals surface area contributed by atoms with E-state index in [0.717, 1.165) is 55.9 Å². The number of rotatable bonds is 7. The summed E-state index contributed by atoms with van der Waals surface area (Å²) in [5.74, 6) is 0.947. The molecule has 0 bridgehead atoms. The summed E-state index contributed by atoms with van der Waals surface area (Å²) >= 11 is 0. The van der Waals surface area contributed by atoms with Gasteiger partial charge in [-0.2, -0.15) is 13.2 Å². The van der Waals surface area contributed by atoms with E-state index < -0.39 is 23.6 Å². The molecule has 234 valence electrons. The van der Waals surface area contributed by atoms with Crippen LogP contribution in [0.2, 0.25) is 0 Å². The van der Waals surface area contributed by atoms with E-state index in [-0.39, 0.29) is 18.3 Å². The van der Waals surface area contributed by atoms with Crippen LogP contribution in [0.4, 0.5) is 32.6 Å². The van der Waals surface area contributed by atoms with E-state index in [1.807, 2.05) is 25.7 Å². The van der Waals surface area contributed by atoms with E-state index in [0.29, 0.717) is 55.1 Å². The zero-order chi connectivity index (χ0) is 30.9. The lowest BCUT2D eigenvalue weighted by Crippen LogP contribution is -2.47. The maximum Gasteiger partial charge on any atom is 0.416 e. The number of unbranched alkanes of at least 4 members (excludes halogenated alkanes) is 1. The Balaban J connectivity index is 1.06. The number of H-pyrrole nitrogens is 1. The number of anilines is 1. The van der Waals surface area contributed by atoms with Crippen molar-refractivity contribution in [3.05, 3.63) is 52.6 Å². The van der Waals surface area contributed by atoms with Gasteiger partial charge in [0, 0.05) is 85.9 Å². The van der Waals surface area contributed by atoms with Crippen LogP contribution in [-0.4, -0.2) is 76.6 Å². The van der Waals surface area contributed by atoms with E-state index in [4.69, 9.17) is 0 Å². The number of amides is 2. The Bertz CT molecular complexity index is 1440. The summed E-state index contributed by atoms with van der Waals surface area (Å²) in [5.41, 5.74) is 0.873. The number of benzene rings is 1. The lowest BCUT2D eigenvalue weighted by molar-refractivity contribution is -0.137. The first-order chi connectivity index (χ1) is 20.3. The van der Waals surface area contributed by atoms with E-state index in [1.54, 1.807) is 4.90 Å². The molecule has 0 aliphatic carbocycles. The van der Waals surface area contributed by atoms with Crippen molar-refractivity contribution < 1.29 is 26.7 Å². The number of aromatic amines is 1. The third kappa shape index (κ3) is 7.19. The fourth-order valence-electron chi connectivity index (χ4n) is 5.59. The van der Waals surface area contributed by atoms with Crippen molar-refractivity contribution in [2.45, 2.75) is 64.6 Å². The van der Waals surface area contributed by atoms with Crippen molar-refractivity contribution in [3.8, 4) is 0 Å². The summed E-state index contributed by atoms with van der Waals surface area (Å²) in [7, 11) is 0. The summed E-state index contributed by atoms with van der Waals surface area (Å²) in [6.45, 7) is 10.7. The molecule has 2 N–H and O–H groups in total. The van der Waals surface area contributed by atoms with Crippen molar-refractivity contribution in [2.24, 2.45) is 0 Å². The SMILES string of the molecule is CC(C)(C)c1nc(C(F)F)cc(N2CCN(CCCCNC(=O)N3CCc4[nH]c5ccc(C(F)(F)F)cc5c4C3)CC2)n1. The number of carbonyl (C=O) groups excluding carboxylic acids is 1. The van der Waals surface area contributed by atoms with Gasteiger partial charge in [0.1, 0.15) is 17.3 Å². The average Bonchev–Trinajstić information content (AvgIpc) is 3.33. The van der Waals surface area contributed by atoms with Gasteiger partial charge in [0.05, 0.1) is 5.56 Å². The Kier molecular flexibility index (Phi) is 8.82. The van der Waals surface area contributed by atoms with Gasteiger partial charge in [-0.05, 0) is 37.6 Å². The molecular formula is C30H38F5N7O. The Labute approximate surface area is 247 Å². The maximum atomic E-state index is 13.5.